The first kappa shape index (κ1) is 23.7. The molecule has 1 aliphatic carbocycles. The third kappa shape index (κ3) is 5.50. The van der Waals surface area contributed by atoms with Crippen molar-refractivity contribution in [1.82, 2.24) is 19.4 Å². The third-order valence-corrected chi connectivity index (χ3v) is 5.46. The molecule has 10 heteroatoms. The van der Waals surface area contributed by atoms with Crippen LogP contribution in [0.15, 0.2) is 9.59 Å². The fraction of sp³-hybridized carbons (Fsp3) is 0.700. The zero-order valence-corrected chi connectivity index (χ0v) is 18.4. The number of amides is 2. The van der Waals surface area contributed by atoms with E-state index in [1.54, 1.807) is 26.0 Å². The molecule has 2 rings (SSSR count). The molecule has 1 aliphatic rings. The summed E-state index contributed by atoms with van der Waals surface area (Å²) in [6.07, 6.45) is 5.02. The molecule has 1 aromatic heterocycles. The van der Waals surface area contributed by atoms with Gasteiger partial charge in [-0.05, 0) is 26.3 Å². The number of nitrogens with two attached hydrogens (primary N) is 1. The van der Waals surface area contributed by atoms with Gasteiger partial charge in [0.05, 0.1) is 13.1 Å². The number of nitrogens with zero attached hydrogens (tertiary/aromatic N) is 4. The third-order valence-electron chi connectivity index (χ3n) is 5.46. The summed E-state index contributed by atoms with van der Waals surface area (Å²) in [5.41, 5.74) is 5.07. The maximum absolute atomic E-state index is 13.3. The number of hydrogen-bond acceptors (Lipinski definition) is 6. The number of anilines is 2. The van der Waals surface area contributed by atoms with Gasteiger partial charge in [0.2, 0.25) is 11.8 Å². The largest absolute Gasteiger partial charge is 0.383 e. The minimum Gasteiger partial charge on any atom is -0.383 e. The van der Waals surface area contributed by atoms with Gasteiger partial charge in [0, 0.05) is 26.7 Å². The van der Waals surface area contributed by atoms with Crippen LogP contribution in [-0.2, 0) is 16.1 Å². The zero-order chi connectivity index (χ0) is 22.4. The lowest BCUT2D eigenvalue weighted by Gasteiger charge is -2.31. The maximum atomic E-state index is 13.3. The van der Waals surface area contributed by atoms with Crippen molar-refractivity contribution in [3.05, 3.63) is 20.8 Å². The number of likely N-dealkylation sites (N-methyl/N-ethyl adjacent to an activating group) is 2. The van der Waals surface area contributed by atoms with Gasteiger partial charge in [-0.2, -0.15) is 0 Å². The second-order valence-electron chi connectivity index (χ2n) is 8.16. The van der Waals surface area contributed by atoms with E-state index >= 15 is 0 Å². The van der Waals surface area contributed by atoms with Crippen LogP contribution >= 0.6 is 0 Å². The molecule has 0 saturated heterocycles. The van der Waals surface area contributed by atoms with E-state index in [1.807, 2.05) is 6.92 Å². The van der Waals surface area contributed by atoms with Gasteiger partial charge in [-0.3, -0.25) is 28.8 Å². The molecule has 1 heterocycles. The summed E-state index contributed by atoms with van der Waals surface area (Å²) >= 11 is 0. The standard InChI is InChI=1S/C20H34N6O4/c1-5-6-11-25-18(21)17(19(29)22-20(25)30)26(14-9-7-8-10-14)16(28)13-24(4)12-15(27)23(2)3/h14H,5-13,21H2,1-4H3,(H,22,29,30). The molecule has 0 aromatic carbocycles. The van der Waals surface area contributed by atoms with Crippen molar-refractivity contribution in [2.24, 2.45) is 0 Å². The van der Waals surface area contributed by atoms with E-state index in [2.05, 4.69) is 4.98 Å². The monoisotopic (exact) mass is 422 g/mol. The van der Waals surface area contributed by atoms with Crippen molar-refractivity contribution in [1.29, 1.82) is 0 Å². The first-order valence-corrected chi connectivity index (χ1v) is 10.5. The first-order chi connectivity index (χ1) is 14.2. The lowest BCUT2D eigenvalue weighted by atomic mass is 10.1. The van der Waals surface area contributed by atoms with E-state index in [0.29, 0.717) is 6.54 Å². The summed E-state index contributed by atoms with van der Waals surface area (Å²) in [5, 5.41) is 0. The van der Waals surface area contributed by atoms with Crippen LogP contribution in [0.1, 0.15) is 45.4 Å². The van der Waals surface area contributed by atoms with E-state index in [4.69, 9.17) is 5.73 Å². The first-order valence-electron chi connectivity index (χ1n) is 10.5. The molecule has 0 bridgehead atoms. The van der Waals surface area contributed by atoms with Gasteiger partial charge in [0.1, 0.15) is 5.82 Å². The second kappa shape index (κ2) is 10.4. The quantitative estimate of drug-likeness (QED) is 0.586. The lowest BCUT2D eigenvalue weighted by molar-refractivity contribution is -0.130. The Morgan fingerprint density at radius 2 is 1.70 bits per heavy atom. The Kier molecular flexibility index (Phi) is 8.22. The van der Waals surface area contributed by atoms with Crippen LogP contribution < -0.4 is 21.9 Å². The van der Waals surface area contributed by atoms with Gasteiger partial charge in [-0.25, -0.2) is 4.79 Å². The van der Waals surface area contributed by atoms with E-state index in [-0.39, 0.29) is 42.5 Å². The zero-order valence-electron chi connectivity index (χ0n) is 18.4. The minimum absolute atomic E-state index is 0.0180. The summed E-state index contributed by atoms with van der Waals surface area (Å²) in [6, 6.07) is -0.157. The van der Waals surface area contributed by atoms with Crippen molar-refractivity contribution < 1.29 is 9.59 Å². The van der Waals surface area contributed by atoms with Crippen molar-refractivity contribution in [3.63, 3.8) is 0 Å². The highest BCUT2D eigenvalue weighted by molar-refractivity contribution is 5.97. The average molecular weight is 423 g/mol. The normalized spacial score (nSPS) is 14.3. The van der Waals surface area contributed by atoms with E-state index in [0.717, 1.165) is 38.5 Å². The number of unbranched alkanes of at least 4 members (excludes halogenated alkanes) is 1. The molecule has 168 valence electrons. The molecule has 10 nitrogen and oxygen atoms in total. The van der Waals surface area contributed by atoms with Gasteiger partial charge in [0.25, 0.3) is 5.56 Å². The Labute approximate surface area is 176 Å². The van der Waals surface area contributed by atoms with Gasteiger partial charge < -0.3 is 15.5 Å². The second-order valence-corrected chi connectivity index (χ2v) is 8.16. The summed E-state index contributed by atoms with van der Waals surface area (Å²) in [6.45, 7) is 2.41. The number of nitrogen functional groups attached to an aromatic ring is 1. The molecule has 1 aromatic rings. The minimum atomic E-state index is -0.655. The molecular weight excluding hydrogens is 388 g/mol. The summed E-state index contributed by atoms with van der Waals surface area (Å²) in [5.74, 6) is -0.415. The van der Waals surface area contributed by atoms with Crippen LogP contribution in [0.4, 0.5) is 11.5 Å². The SMILES string of the molecule is CCCCn1c(N)c(N(C(=O)CN(C)CC(=O)N(C)C)C2CCCC2)c(=O)[nH]c1=O. The molecule has 0 spiro atoms. The highest BCUT2D eigenvalue weighted by atomic mass is 16.2. The van der Waals surface area contributed by atoms with Crippen LogP contribution in [-0.4, -0.2) is 71.4 Å². The number of hydrogen-bond donors (Lipinski definition) is 2. The molecule has 1 saturated carbocycles. The molecule has 3 N–H and O–H groups in total. The van der Waals surface area contributed by atoms with Crippen molar-refractivity contribution in [2.45, 2.75) is 58.0 Å². The highest BCUT2D eigenvalue weighted by Gasteiger charge is 2.33. The van der Waals surface area contributed by atoms with Gasteiger partial charge in [-0.15, -0.1) is 0 Å². The predicted octanol–water partition coefficient (Wildman–Crippen LogP) is 0.215. The molecule has 1 fully saturated rings. The lowest BCUT2D eigenvalue weighted by Crippen LogP contribution is -2.49. The van der Waals surface area contributed by atoms with E-state index in [1.165, 1.54) is 14.4 Å². The summed E-state index contributed by atoms with van der Waals surface area (Å²) < 4.78 is 1.33. The molecular formula is C20H34N6O4. The van der Waals surface area contributed by atoms with Crippen LogP contribution in [0.25, 0.3) is 0 Å². The molecule has 2 amide bonds. The topological polar surface area (TPSA) is 125 Å². The summed E-state index contributed by atoms with van der Waals surface area (Å²) in [7, 11) is 4.99. The van der Waals surface area contributed by atoms with E-state index in [9.17, 15) is 19.2 Å². The van der Waals surface area contributed by atoms with E-state index < -0.39 is 11.2 Å². The van der Waals surface area contributed by atoms with Crippen LogP contribution in [0.3, 0.4) is 0 Å². The fourth-order valence-corrected chi connectivity index (χ4v) is 3.76. The Morgan fingerprint density at radius 1 is 1.10 bits per heavy atom. The molecule has 0 aliphatic heterocycles. The number of H-pyrrole nitrogens is 1. The Balaban J connectivity index is 2.40. The van der Waals surface area contributed by atoms with Gasteiger partial charge >= 0.3 is 5.69 Å². The molecule has 30 heavy (non-hydrogen) atoms. The number of carbonyl (C=O) groups excluding carboxylic acids is 2. The Hall–Kier alpha value is -2.62. The van der Waals surface area contributed by atoms with Crippen molar-refractivity contribution >= 4 is 23.3 Å². The molecule has 0 unspecified atom stereocenters. The number of nitrogens with one attached hydrogen (secondary N) is 1. The number of rotatable bonds is 9. The Morgan fingerprint density at radius 3 is 2.27 bits per heavy atom. The smallest absolute Gasteiger partial charge is 0.330 e. The Bertz CT molecular complexity index is 869. The predicted molar refractivity (Wildman–Crippen MR) is 117 cm³/mol. The van der Waals surface area contributed by atoms with Crippen LogP contribution in [0.5, 0.6) is 0 Å². The number of carbonyl (C=O) groups is 2. The van der Waals surface area contributed by atoms with Crippen molar-refractivity contribution in [3.8, 4) is 0 Å². The van der Waals surface area contributed by atoms with Crippen molar-refractivity contribution in [2.75, 3.05) is 44.9 Å². The van der Waals surface area contributed by atoms with Crippen LogP contribution in [0, 0.1) is 0 Å². The van der Waals surface area contributed by atoms with Gasteiger partial charge in [0.15, 0.2) is 5.69 Å². The maximum Gasteiger partial charge on any atom is 0.330 e. The van der Waals surface area contributed by atoms with Gasteiger partial charge in [-0.1, -0.05) is 26.2 Å². The molecule has 0 atom stereocenters. The average Bonchev–Trinajstić information content (AvgIpc) is 3.18. The highest BCUT2D eigenvalue weighted by Crippen LogP contribution is 2.29. The van der Waals surface area contributed by atoms with Crippen LogP contribution in [0.2, 0.25) is 0 Å². The fourth-order valence-electron chi connectivity index (χ4n) is 3.76. The number of aromatic amines is 1. The number of aromatic nitrogens is 2. The molecule has 0 radical (unpaired) electrons. The summed E-state index contributed by atoms with van der Waals surface area (Å²) in [4.78, 5) is 57.1.